The minimum atomic E-state index is 0.535. The monoisotopic (exact) mass is 162 g/mol. The fraction of sp³-hybridized carbons (Fsp3) is 0.400. The lowest BCUT2D eigenvalue weighted by atomic mass is 10.0. The normalized spacial score (nSPS) is 29.8. The summed E-state index contributed by atoms with van der Waals surface area (Å²) in [5.41, 5.74) is 4.67. The topological polar surface area (TPSA) is 25.0 Å². The molecule has 64 valence electrons. The van der Waals surface area contributed by atoms with Crippen molar-refractivity contribution in [2.45, 2.75) is 19.0 Å². The number of hydrogen-bond acceptors (Lipinski definition) is 2. The van der Waals surface area contributed by atoms with Crippen LogP contribution in [0.25, 0.3) is 0 Å². The Morgan fingerprint density at radius 1 is 1.33 bits per heavy atom. The zero-order valence-corrected chi connectivity index (χ0v) is 7.49. The van der Waals surface area contributed by atoms with E-state index < -0.39 is 0 Å². The molecule has 1 N–H and O–H groups in total. The number of benzene rings is 1. The van der Waals surface area contributed by atoms with E-state index in [4.69, 9.17) is 0 Å². The van der Waals surface area contributed by atoms with E-state index in [-0.39, 0.29) is 0 Å². The highest BCUT2D eigenvalue weighted by Gasteiger charge is 2.34. The fourth-order valence-corrected chi connectivity index (χ4v) is 1.56. The minimum Gasteiger partial charge on any atom is -0.235 e. The lowest BCUT2D eigenvalue weighted by Crippen LogP contribution is -2.06. The Labute approximate surface area is 73.2 Å². The van der Waals surface area contributed by atoms with Crippen molar-refractivity contribution in [3.63, 3.8) is 0 Å². The van der Waals surface area contributed by atoms with E-state index in [1.807, 2.05) is 0 Å². The number of rotatable bonds is 2. The molecule has 1 fully saturated rings. The molecule has 2 nitrogen and oxygen atoms in total. The second kappa shape index (κ2) is 2.88. The third kappa shape index (κ3) is 1.36. The highest BCUT2D eigenvalue weighted by atomic mass is 15.7. The van der Waals surface area contributed by atoms with Crippen LogP contribution in [0.4, 0.5) is 0 Å². The van der Waals surface area contributed by atoms with Gasteiger partial charge in [-0.3, -0.25) is 0 Å². The Balaban J connectivity index is 2.10. The van der Waals surface area contributed by atoms with Crippen molar-refractivity contribution in [2.24, 2.45) is 0 Å². The SMILES string of the molecule is CC(c1ccccc1)C1NN1C. The van der Waals surface area contributed by atoms with Crippen molar-refractivity contribution in [1.82, 2.24) is 10.4 Å². The van der Waals surface area contributed by atoms with Crippen molar-refractivity contribution in [3.8, 4) is 0 Å². The number of hydrogen-bond donors (Lipinski definition) is 1. The van der Waals surface area contributed by atoms with Gasteiger partial charge in [0.15, 0.2) is 0 Å². The summed E-state index contributed by atoms with van der Waals surface area (Å²) >= 11 is 0. The number of likely N-dealkylation sites (N-methyl/N-ethyl adjacent to an activating group) is 1. The van der Waals surface area contributed by atoms with Crippen molar-refractivity contribution in [1.29, 1.82) is 0 Å². The molecule has 0 radical (unpaired) electrons. The van der Waals surface area contributed by atoms with Crippen molar-refractivity contribution in [3.05, 3.63) is 35.9 Å². The second-order valence-corrected chi connectivity index (χ2v) is 3.38. The largest absolute Gasteiger partial charge is 0.235 e. The Hall–Kier alpha value is -0.860. The van der Waals surface area contributed by atoms with Gasteiger partial charge in [-0.15, -0.1) is 0 Å². The zero-order valence-electron chi connectivity index (χ0n) is 7.49. The van der Waals surface area contributed by atoms with Gasteiger partial charge < -0.3 is 0 Å². The van der Waals surface area contributed by atoms with Crippen LogP contribution in [0.15, 0.2) is 30.3 Å². The van der Waals surface area contributed by atoms with Crippen LogP contribution < -0.4 is 5.43 Å². The van der Waals surface area contributed by atoms with Crippen LogP contribution in [-0.4, -0.2) is 18.2 Å². The average Bonchev–Trinajstić information content (AvgIpc) is 2.83. The van der Waals surface area contributed by atoms with Crippen LogP contribution in [0.2, 0.25) is 0 Å². The van der Waals surface area contributed by atoms with Crippen LogP contribution in [-0.2, 0) is 0 Å². The van der Waals surface area contributed by atoms with Crippen molar-refractivity contribution >= 4 is 0 Å². The standard InChI is InChI=1S/C10H14N2/c1-8(10-11-12(10)2)9-6-4-3-5-7-9/h3-8,10-11H,1-2H3. The summed E-state index contributed by atoms with van der Waals surface area (Å²) < 4.78 is 0. The van der Waals surface area contributed by atoms with Crippen LogP contribution in [0.5, 0.6) is 0 Å². The van der Waals surface area contributed by atoms with Gasteiger partial charge >= 0.3 is 0 Å². The lowest BCUT2D eigenvalue weighted by Gasteiger charge is -2.07. The summed E-state index contributed by atoms with van der Waals surface area (Å²) in [4.78, 5) is 0. The fourth-order valence-electron chi connectivity index (χ4n) is 1.56. The van der Waals surface area contributed by atoms with Gasteiger partial charge in [-0.05, 0) is 5.56 Å². The van der Waals surface area contributed by atoms with E-state index in [9.17, 15) is 0 Å². The average molecular weight is 162 g/mol. The molecule has 12 heavy (non-hydrogen) atoms. The first-order valence-corrected chi connectivity index (χ1v) is 4.33. The van der Waals surface area contributed by atoms with E-state index in [1.165, 1.54) is 5.56 Å². The van der Waals surface area contributed by atoms with Gasteiger partial charge in [-0.1, -0.05) is 37.3 Å². The van der Waals surface area contributed by atoms with Crippen LogP contribution in [0, 0.1) is 0 Å². The van der Waals surface area contributed by atoms with Gasteiger partial charge in [0.05, 0.1) is 6.17 Å². The smallest absolute Gasteiger partial charge is 0.0926 e. The maximum atomic E-state index is 3.26. The molecule has 2 heteroatoms. The van der Waals surface area contributed by atoms with Crippen LogP contribution in [0.3, 0.4) is 0 Å². The van der Waals surface area contributed by atoms with Gasteiger partial charge in [-0.25, -0.2) is 10.4 Å². The number of nitrogens with one attached hydrogen (secondary N) is 1. The predicted molar refractivity (Wildman–Crippen MR) is 49.5 cm³/mol. The molecule has 0 spiro atoms. The lowest BCUT2D eigenvalue weighted by molar-refractivity contribution is 0.549. The highest BCUT2D eigenvalue weighted by molar-refractivity contribution is 5.21. The molecule has 0 aliphatic carbocycles. The molecule has 3 atom stereocenters. The molecule has 3 unspecified atom stereocenters. The summed E-state index contributed by atoms with van der Waals surface area (Å²) in [6.45, 7) is 2.25. The predicted octanol–water partition coefficient (Wildman–Crippen LogP) is 1.57. The van der Waals surface area contributed by atoms with Crippen LogP contribution >= 0.6 is 0 Å². The van der Waals surface area contributed by atoms with Gasteiger partial charge in [0, 0.05) is 13.0 Å². The Morgan fingerprint density at radius 2 is 1.92 bits per heavy atom. The summed E-state index contributed by atoms with van der Waals surface area (Å²) in [7, 11) is 2.07. The first kappa shape index (κ1) is 7.77. The maximum Gasteiger partial charge on any atom is 0.0926 e. The summed E-state index contributed by atoms with van der Waals surface area (Å²) in [6, 6.07) is 10.6. The third-order valence-electron chi connectivity index (χ3n) is 2.48. The van der Waals surface area contributed by atoms with Gasteiger partial charge in [0.25, 0.3) is 0 Å². The molecule has 1 aromatic rings. The quantitative estimate of drug-likeness (QED) is 0.668. The number of hydrazine groups is 1. The summed E-state index contributed by atoms with van der Waals surface area (Å²) in [5.74, 6) is 0.580. The molecule has 0 bridgehead atoms. The van der Waals surface area contributed by atoms with E-state index in [2.05, 4.69) is 54.7 Å². The Kier molecular flexibility index (Phi) is 1.87. The zero-order chi connectivity index (χ0) is 8.55. The minimum absolute atomic E-state index is 0.535. The van der Waals surface area contributed by atoms with E-state index in [0.717, 1.165) is 0 Å². The van der Waals surface area contributed by atoms with E-state index in [1.54, 1.807) is 0 Å². The molecule has 0 aromatic heterocycles. The molecule has 2 rings (SSSR count). The Bertz CT molecular complexity index is 258. The van der Waals surface area contributed by atoms with Crippen molar-refractivity contribution in [2.75, 3.05) is 7.05 Å². The summed E-state index contributed by atoms with van der Waals surface area (Å²) in [5, 5.41) is 2.14. The highest BCUT2D eigenvalue weighted by Crippen LogP contribution is 2.25. The molecule has 1 heterocycles. The second-order valence-electron chi connectivity index (χ2n) is 3.38. The molecule has 1 aliphatic heterocycles. The van der Waals surface area contributed by atoms with Gasteiger partial charge in [-0.2, -0.15) is 0 Å². The molecule has 1 aliphatic rings. The van der Waals surface area contributed by atoms with E-state index >= 15 is 0 Å². The van der Waals surface area contributed by atoms with Crippen molar-refractivity contribution < 1.29 is 0 Å². The molecular weight excluding hydrogens is 148 g/mol. The van der Waals surface area contributed by atoms with E-state index in [0.29, 0.717) is 12.1 Å². The Morgan fingerprint density at radius 3 is 2.42 bits per heavy atom. The van der Waals surface area contributed by atoms with Gasteiger partial charge in [0.1, 0.15) is 0 Å². The molecule has 0 amide bonds. The first-order chi connectivity index (χ1) is 5.79. The summed E-state index contributed by atoms with van der Waals surface area (Å²) in [6.07, 6.45) is 0.535. The molecular formula is C10H14N2. The molecule has 0 saturated carbocycles. The maximum absolute atomic E-state index is 3.26. The molecule has 1 saturated heterocycles. The van der Waals surface area contributed by atoms with Crippen LogP contribution in [0.1, 0.15) is 18.4 Å². The number of nitrogens with zero attached hydrogens (tertiary/aromatic N) is 1. The molecule has 1 aromatic carbocycles. The third-order valence-corrected chi connectivity index (χ3v) is 2.48. The van der Waals surface area contributed by atoms with Gasteiger partial charge in [0.2, 0.25) is 0 Å². The first-order valence-electron chi connectivity index (χ1n) is 4.33.